The van der Waals surface area contributed by atoms with Gasteiger partial charge in [0.05, 0.1) is 26.5 Å². The normalized spacial score (nSPS) is 13.8. The lowest BCUT2D eigenvalue weighted by molar-refractivity contribution is -0.117. The van der Waals surface area contributed by atoms with Gasteiger partial charge in [0.1, 0.15) is 0 Å². The Labute approximate surface area is 228 Å². The van der Waals surface area contributed by atoms with Crippen molar-refractivity contribution in [3.63, 3.8) is 0 Å². The number of unbranched alkanes of at least 4 members (excludes halogenated alkanes) is 5. The van der Waals surface area contributed by atoms with Crippen LogP contribution < -0.4 is 24.1 Å². The Morgan fingerprint density at radius 3 is 2.13 bits per heavy atom. The zero-order valence-corrected chi connectivity index (χ0v) is 23.9. The zero-order chi connectivity index (χ0) is 27.5. The van der Waals surface area contributed by atoms with E-state index in [1.54, 1.807) is 19.2 Å². The number of hydrogen-bond donors (Lipinski definition) is 0. The number of piperazine rings is 1. The molecule has 0 aliphatic carbocycles. The average Bonchev–Trinajstić information content (AvgIpc) is 2.94. The van der Waals surface area contributed by atoms with Gasteiger partial charge in [0.25, 0.3) is 5.91 Å². The molecule has 3 rings (SSSR count). The second-order valence-corrected chi connectivity index (χ2v) is 9.86. The highest BCUT2D eigenvalue weighted by Crippen LogP contribution is 2.42. The van der Waals surface area contributed by atoms with Gasteiger partial charge in [-0.15, -0.1) is 0 Å². The number of amides is 1. The van der Waals surface area contributed by atoms with E-state index in [2.05, 4.69) is 55.5 Å². The van der Waals surface area contributed by atoms with Crippen LogP contribution in [0.2, 0.25) is 0 Å². The molecule has 0 radical (unpaired) electrons. The minimum atomic E-state index is -0.200. The number of hydrazine groups is 1. The monoisotopic (exact) mass is 523 g/mol. The summed E-state index contributed by atoms with van der Waals surface area (Å²) in [4.78, 5) is 15.4. The molecule has 0 N–H and O–H groups in total. The predicted molar refractivity (Wildman–Crippen MR) is 156 cm³/mol. The van der Waals surface area contributed by atoms with Gasteiger partial charge < -0.3 is 19.1 Å². The maximum Gasteiger partial charge on any atom is 0.264 e. The van der Waals surface area contributed by atoms with Crippen LogP contribution in [0.4, 0.5) is 11.4 Å². The van der Waals surface area contributed by atoms with E-state index in [-0.39, 0.29) is 5.91 Å². The first-order valence-electron chi connectivity index (χ1n) is 13.9. The second-order valence-electron chi connectivity index (χ2n) is 9.86. The van der Waals surface area contributed by atoms with Crippen molar-refractivity contribution in [2.45, 2.75) is 59.3 Å². The van der Waals surface area contributed by atoms with Crippen molar-refractivity contribution in [3.05, 3.63) is 54.1 Å². The lowest BCUT2D eigenvalue weighted by atomic mass is 10.1. The van der Waals surface area contributed by atoms with Crippen molar-refractivity contribution in [2.24, 2.45) is 0 Å². The van der Waals surface area contributed by atoms with Gasteiger partial charge >= 0.3 is 0 Å². The molecule has 1 saturated heterocycles. The van der Waals surface area contributed by atoms with Crippen LogP contribution in [-0.2, 0) is 4.79 Å². The molecule has 2 aromatic rings. The number of methoxy groups -OCH3 is 2. The van der Waals surface area contributed by atoms with Crippen molar-refractivity contribution < 1.29 is 19.0 Å². The van der Waals surface area contributed by atoms with E-state index in [0.29, 0.717) is 42.6 Å². The zero-order valence-electron chi connectivity index (χ0n) is 23.9. The third-order valence-electron chi connectivity index (χ3n) is 7.21. The first-order chi connectivity index (χ1) is 18.4. The molecule has 1 heterocycles. The Kier molecular flexibility index (Phi) is 11.3. The molecule has 1 amide bonds. The minimum absolute atomic E-state index is 0.200. The van der Waals surface area contributed by atoms with Crippen LogP contribution in [0.25, 0.3) is 0 Å². The van der Waals surface area contributed by atoms with Crippen LogP contribution in [0.5, 0.6) is 17.2 Å². The fourth-order valence-electron chi connectivity index (χ4n) is 4.78. The standard InChI is InChI=1S/C31H45N3O4/c1-7-9-10-11-12-13-20-38-31-28(36-5)22-27(23-29(31)37-6)34(30(35)8-2)33-18-16-32(17-19-33)26-15-14-24(3)25(4)21-26/h8,14-15,21-23H,2,7,9-13,16-20H2,1,3-6H3. The Morgan fingerprint density at radius 2 is 1.55 bits per heavy atom. The van der Waals surface area contributed by atoms with Gasteiger partial charge in [0.15, 0.2) is 11.5 Å². The highest BCUT2D eigenvalue weighted by molar-refractivity contribution is 6.00. The first-order valence-corrected chi connectivity index (χ1v) is 13.9. The van der Waals surface area contributed by atoms with Crippen molar-refractivity contribution in [1.82, 2.24) is 5.01 Å². The van der Waals surface area contributed by atoms with Gasteiger partial charge in [0, 0.05) is 44.0 Å². The largest absolute Gasteiger partial charge is 0.493 e. The summed E-state index contributed by atoms with van der Waals surface area (Å²) in [6.07, 6.45) is 8.47. The lowest BCUT2D eigenvalue weighted by Gasteiger charge is -2.41. The van der Waals surface area contributed by atoms with Gasteiger partial charge in [0.2, 0.25) is 5.75 Å². The Bertz CT molecular complexity index is 1040. The van der Waals surface area contributed by atoms with Gasteiger partial charge in [-0.2, -0.15) is 0 Å². The van der Waals surface area contributed by atoms with Crippen LogP contribution in [0, 0.1) is 13.8 Å². The van der Waals surface area contributed by atoms with Crippen LogP contribution in [0.15, 0.2) is 43.0 Å². The molecule has 2 aromatic carbocycles. The van der Waals surface area contributed by atoms with E-state index in [1.807, 2.05) is 12.1 Å². The summed E-state index contributed by atoms with van der Waals surface area (Å²) < 4.78 is 17.5. The minimum Gasteiger partial charge on any atom is -0.493 e. The van der Waals surface area contributed by atoms with E-state index in [1.165, 1.54) is 48.6 Å². The third kappa shape index (κ3) is 7.44. The quantitative estimate of drug-likeness (QED) is 0.213. The molecule has 208 valence electrons. The van der Waals surface area contributed by atoms with E-state index < -0.39 is 0 Å². The molecule has 7 nitrogen and oxygen atoms in total. The molecule has 7 heteroatoms. The van der Waals surface area contributed by atoms with E-state index >= 15 is 0 Å². The summed E-state index contributed by atoms with van der Waals surface area (Å²) >= 11 is 0. The molecule has 1 aliphatic rings. The number of carbonyl (C=O) groups excluding carboxylic acids is 1. The summed E-state index contributed by atoms with van der Waals surface area (Å²) in [6, 6.07) is 10.3. The molecule has 1 aliphatic heterocycles. The van der Waals surface area contributed by atoms with Gasteiger partial charge in [-0.3, -0.25) is 4.79 Å². The molecular weight excluding hydrogens is 478 g/mol. The van der Waals surface area contributed by atoms with Crippen molar-refractivity contribution in [1.29, 1.82) is 0 Å². The predicted octanol–water partition coefficient (Wildman–Crippen LogP) is 6.32. The molecule has 0 aromatic heterocycles. The number of anilines is 2. The number of rotatable bonds is 14. The highest BCUT2D eigenvalue weighted by atomic mass is 16.5. The number of benzene rings is 2. The Hall–Kier alpha value is -3.19. The summed E-state index contributed by atoms with van der Waals surface area (Å²) in [7, 11) is 3.22. The fraction of sp³-hybridized carbons (Fsp3) is 0.516. The number of carbonyl (C=O) groups is 1. The van der Waals surface area contributed by atoms with Crippen LogP contribution in [0.3, 0.4) is 0 Å². The van der Waals surface area contributed by atoms with Crippen molar-refractivity contribution >= 4 is 17.3 Å². The van der Waals surface area contributed by atoms with E-state index in [9.17, 15) is 4.79 Å². The van der Waals surface area contributed by atoms with Crippen LogP contribution in [0.1, 0.15) is 56.6 Å². The number of aryl methyl sites for hydroxylation is 2. The maximum absolute atomic E-state index is 13.1. The van der Waals surface area contributed by atoms with Gasteiger partial charge in [-0.1, -0.05) is 51.7 Å². The van der Waals surface area contributed by atoms with Crippen LogP contribution in [-0.4, -0.2) is 57.9 Å². The average molecular weight is 524 g/mol. The molecule has 0 spiro atoms. The lowest BCUT2D eigenvalue weighted by Crippen LogP contribution is -2.55. The Morgan fingerprint density at radius 1 is 0.921 bits per heavy atom. The molecule has 38 heavy (non-hydrogen) atoms. The molecule has 0 bridgehead atoms. The SMILES string of the molecule is C=CC(=O)N(c1cc(OC)c(OCCCCCCCC)c(OC)c1)N1CCN(c2ccc(C)c(C)c2)CC1. The number of hydrogen-bond acceptors (Lipinski definition) is 6. The van der Waals surface area contributed by atoms with Crippen LogP contribution >= 0.6 is 0 Å². The van der Waals surface area contributed by atoms with Gasteiger partial charge in [-0.25, -0.2) is 10.0 Å². The second kappa shape index (κ2) is 14.7. The molecule has 0 atom stereocenters. The summed E-state index contributed by atoms with van der Waals surface area (Å²) in [5, 5.41) is 3.74. The number of nitrogens with zero attached hydrogens (tertiary/aromatic N) is 3. The van der Waals surface area contributed by atoms with Gasteiger partial charge in [-0.05, 0) is 49.6 Å². The molecule has 1 fully saturated rings. The smallest absolute Gasteiger partial charge is 0.264 e. The fourth-order valence-corrected chi connectivity index (χ4v) is 4.78. The maximum atomic E-state index is 13.1. The van der Waals surface area contributed by atoms with E-state index in [0.717, 1.165) is 25.9 Å². The molecule has 0 saturated carbocycles. The summed E-state index contributed by atoms with van der Waals surface area (Å²) in [5.41, 5.74) is 4.45. The third-order valence-corrected chi connectivity index (χ3v) is 7.21. The van der Waals surface area contributed by atoms with Crippen molar-refractivity contribution in [3.8, 4) is 17.2 Å². The molecule has 0 unspecified atom stereocenters. The summed E-state index contributed by atoms with van der Waals surface area (Å²) in [6.45, 7) is 13.8. The van der Waals surface area contributed by atoms with Crippen molar-refractivity contribution in [2.75, 3.05) is 56.9 Å². The van der Waals surface area contributed by atoms with E-state index in [4.69, 9.17) is 14.2 Å². The number of ether oxygens (including phenoxy) is 3. The highest BCUT2D eigenvalue weighted by Gasteiger charge is 2.28. The Balaban J connectivity index is 1.74. The topological polar surface area (TPSA) is 54.5 Å². The molecular formula is C31H45N3O4. The summed E-state index contributed by atoms with van der Waals surface area (Å²) in [5.74, 6) is 1.45. The first kappa shape index (κ1) is 29.4.